The summed E-state index contributed by atoms with van der Waals surface area (Å²) < 4.78 is 2.54. The number of aromatic nitrogens is 3. The van der Waals surface area contributed by atoms with Gasteiger partial charge in [0.2, 0.25) is 0 Å². The van der Waals surface area contributed by atoms with Crippen molar-refractivity contribution in [2.24, 2.45) is 0 Å². The lowest BCUT2D eigenvalue weighted by Crippen LogP contribution is -2.25. The van der Waals surface area contributed by atoms with E-state index >= 15 is 0 Å². The van der Waals surface area contributed by atoms with Gasteiger partial charge in [-0.05, 0) is 85.0 Å². The van der Waals surface area contributed by atoms with Gasteiger partial charge in [0, 0.05) is 36.9 Å². The lowest BCUT2D eigenvalue weighted by atomic mass is 9.70. The molecular formula is C58H35N3S. The summed E-state index contributed by atoms with van der Waals surface area (Å²) in [5.41, 5.74) is 17.3. The van der Waals surface area contributed by atoms with E-state index in [1.165, 1.54) is 70.2 Å². The first-order chi connectivity index (χ1) is 30.8. The molecule has 13 rings (SSSR count). The second-order valence-corrected chi connectivity index (χ2v) is 17.3. The predicted octanol–water partition coefficient (Wildman–Crippen LogP) is 14.9. The van der Waals surface area contributed by atoms with Crippen LogP contribution in [-0.2, 0) is 5.41 Å². The minimum Gasteiger partial charge on any atom is -0.208 e. The maximum atomic E-state index is 5.42. The van der Waals surface area contributed by atoms with Crippen molar-refractivity contribution < 1.29 is 0 Å². The average Bonchev–Trinajstić information content (AvgIpc) is 3.98. The highest BCUT2D eigenvalue weighted by atomic mass is 32.1. The Kier molecular flexibility index (Phi) is 7.69. The third-order valence-electron chi connectivity index (χ3n) is 13.0. The van der Waals surface area contributed by atoms with Gasteiger partial charge in [-0.3, -0.25) is 0 Å². The van der Waals surface area contributed by atoms with Crippen molar-refractivity contribution in [3.63, 3.8) is 0 Å². The Labute approximate surface area is 363 Å². The summed E-state index contributed by atoms with van der Waals surface area (Å²) in [7, 11) is 0. The zero-order valence-electron chi connectivity index (χ0n) is 33.5. The number of fused-ring (bicyclic) bond motifs is 13. The maximum Gasteiger partial charge on any atom is 0.164 e. The summed E-state index contributed by atoms with van der Waals surface area (Å²) in [6, 6.07) is 76.7. The molecule has 11 aromatic rings. The Morgan fingerprint density at radius 2 is 0.758 bits per heavy atom. The van der Waals surface area contributed by atoms with E-state index in [0.717, 1.165) is 33.4 Å². The van der Waals surface area contributed by atoms with E-state index in [0.29, 0.717) is 17.5 Å². The second-order valence-electron chi connectivity index (χ2n) is 16.2. The van der Waals surface area contributed by atoms with Gasteiger partial charge in [-0.1, -0.05) is 194 Å². The molecule has 0 bridgehead atoms. The molecule has 0 aliphatic heterocycles. The average molecular weight is 806 g/mol. The van der Waals surface area contributed by atoms with Crippen LogP contribution >= 0.6 is 11.3 Å². The maximum absolute atomic E-state index is 5.42. The monoisotopic (exact) mass is 805 g/mol. The zero-order valence-corrected chi connectivity index (χ0v) is 34.3. The number of hydrogen-bond donors (Lipinski definition) is 0. The van der Waals surface area contributed by atoms with Gasteiger partial charge >= 0.3 is 0 Å². The van der Waals surface area contributed by atoms with Crippen molar-refractivity contribution in [1.82, 2.24) is 15.0 Å². The molecule has 9 aromatic carbocycles. The fourth-order valence-electron chi connectivity index (χ4n) is 10.4. The highest BCUT2D eigenvalue weighted by Crippen LogP contribution is 2.63. The predicted molar refractivity (Wildman–Crippen MR) is 256 cm³/mol. The van der Waals surface area contributed by atoms with Crippen LogP contribution in [0.3, 0.4) is 0 Å². The van der Waals surface area contributed by atoms with Gasteiger partial charge in [-0.15, -0.1) is 11.3 Å². The Morgan fingerprint density at radius 3 is 1.42 bits per heavy atom. The molecular weight excluding hydrogens is 771 g/mol. The molecule has 0 saturated carbocycles. The normalized spacial score (nSPS) is 13.0. The molecule has 0 N–H and O–H groups in total. The van der Waals surface area contributed by atoms with Gasteiger partial charge in [0.05, 0.1) is 5.41 Å². The number of hydrogen-bond acceptors (Lipinski definition) is 4. The standard InChI is InChI=1S/C58H35N3S/c1-2-17-36(18-3-1)55-59-56(61-57(60-55)46-25-7-5-20-39(46)44-27-16-32-53-54(44)47-26-11-15-31-52(47)62-53)45-24-6-4-19-38(45)37-33-34-43-42-23-10-14-30-50(42)58(51(43)35-37)48-28-12-8-21-40(48)41-22-9-13-29-49(41)58/h1-35H. The van der Waals surface area contributed by atoms with Crippen LogP contribution in [0, 0.1) is 0 Å². The van der Waals surface area contributed by atoms with Gasteiger partial charge in [-0.2, -0.15) is 0 Å². The van der Waals surface area contributed by atoms with Crippen molar-refractivity contribution in [2.75, 3.05) is 0 Å². The minimum absolute atomic E-state index is 0.439. The van der Waals surface area contributed by atoms with E-state index in [1.54, 1.807) is 0 Å². The summed E-state index contributed by atoms with van der Waals surface area (Å²) >= 11 is 1.83. The highest BCUT2D eigenvalue weighted by molar-refractivity contribution is 7.25. The van der Waals surface area contributed by atoms with E-state index in [-0.39, 0.29) is 0 Å². The molecule has 0 amide bonds. The fourth-order valence-corrected chi connectivity index (χ4v) is 11.6. The van der Waals surface area contributed by atoms with Crippen LogP contribution in [0.1, 0.15) is 22.3 Å². The van der Waals surface area contributed by atoms with Gasteiger partial charge in [0.25, 0.3) is 0 Å². The van der Waals surface area contributed by atoms with E-state index in [9.17, 15) is 0 Å². The third-order valence-corrected chi connectivity index (χ3v) is 14.1. The SMILES string of the molecule is c1ccc(-c2nc(-c3ccccc3-c3ccc4c(c3)C3(c5ccccc5-c5ccccc53)c3ccccc3-4)nc(-c3ccccc3-c3cccc4sc5ccccc5c34)n2)cc1. The molecule has 1 spiro atoms. The lowest BCUT2D eigenvalue weighted by Gasteiger charge is -2.30. The quantitative estimate of drug-likeness (QED) is 0.174. The number of benzene rings is 9. The topological polar surface area (TPSA) is 38.7 Å². The van der Waals surface area contributed by atoms with E-state index in [1.807, 2.05) is 29.5 Å². The Balaban J connectivity index is 1.02. The number of thiophene rings is 1. The first-order valence-corrected chi connectivity index (χ1v) is 21.9. The summed E-state index contributed by atoms with van der Waals surface area (Å²) in [5.74, 6) is 1.91. The van der Waals surface area contributed by atoms with Crippen molar-refractivity contribution in [1.29, 1.82) is 0 Å². The largest absolute Gasteiger partial charge is 0.208 e. The van der Waals surface area contributed by atoms with E-state index in [4.69, 9.17) is 15.0 Å². The molecule has 0 atom stereocenters. The Morgan fingerprint density at radius 1 is 0.290 bits per heavy atom. The molecule has 2 aromatic heterocycles. The van der Waals surface area contributed by atoms with E-state index in [2.05, 4.69) is 194 Å². The Hall–Kier alpha value is -7.79. The molecule has 0 radical (unpaired) electrons. The number of nitrogens with zero attached hydrogens (tertiary/aromatic N) is 3. The second kappa shape index (κ2) is 13.6. The molecule has 62 heavy (non-hydrogen) atoms. The molecule has 3 nitrogen and oxygen atoms in total. The summed E-state index contributed by atoms with van der Waals surface area (Å²) in [4.78, 5) is 16.0. The number of rotatable bonds is 5. The molecule has 0 unspecified atom stereocenters. The molecule has 288 valence electrons. The van der Waals surface area contributed by atoms with Crippen molar-refractivity contribution in [2.45, 2.75) is 5.41 Å². The van der Waals surface area contributed by atoms with Gasteiger partial charge in [0.1, 0.15) is 0 Å². The first kappa shape index (κ1) is 35.0. The van der Waals surface area contributed by atoms with Crippen LogP contribution < -0.4 is 0 Å². The van der Waals surface area contributed by atoms with Crippen LogP contribution in [0.5, 0.6) is 0 Å². The van der Waals surface area contributed by atoms with Gasteiger partial charge in [-0.25, -0.2) is 15.0 Å². The molecule has 2 heterocycles. The van der Waals surface area contributed by atoms with Crippen LogP contribution in [0.25, 0.3) is 98.8 Å². The van der Waals surface area contributed by atoms with Crippen molar-refractivity contribution in [3.05, 3.63) is 235 Å². The lowest BCUT2D eigenvalue weighted by molar-refractivity contribution is 0.794. The summed E-state index contributed by atoms with van der Waals surface area (Å²) in [6.45, 7) is 0. The van der Waals surface area contributed by atoms with Crippen LogP contribution in [0.2, 0.25) is 0 Å². The van der Waals surface area contributed by atoms with Gasteiger partial charge in [0.15, 0.2) is 17.5 Å². The highest BCUT2D eigenvalue weighted by Gasteiger charge is 2.51. The minimum atomic E-state index is -0.439. The van der Waals surface area contributed by atoms with Crippen LogP contribution in [-0.4, -0.2) is 15.0 Å². The summed E-state index contributed by atoms with van der Waals surface area (Å²) in [5, 5.41) is 2.52. The molecule has 0 fully saturated rings. The van der Waals surface area contributed by atoms with Gasteiger partial charge < -0.3 is 0 Å². The van der Waals surface area contributed by atoms with Crippen LogP contribution in [0.15, 0.2) is 212 Å². The zero-order chi connectivity index (χ0) is 40.8. The molecule has 0 saturated heterocycles. The Bertz CT molecular complexity index is 3540. The fraction of sp³-hybridized carbons (Fsp3) is 0.0172. The summed E-state index contributed by atoms with van der Waals surface area (Å²) in [6.07, 6.45) is 0. The van der Waals surface area contributed by atoms with Crippen molar-refractivity contribution in [3.8, 4) is 78.7 Å². The molecule has 2 aliphatic carbocycles. The van der Waals surface area contributed by atoms with Crippen LogP contribution in [0.4, 0.5) is 0 Å². The first-order valence-electron chi connectivity index (χ1n) is 21.1. The molecule has 2 aliphatic rings. The van der Waals surface area contributed by atoms with E-state index < -0.39 is 5.41 Å². The third kappa shape index (κ3) is 5.02. The van der Waals surface area contributed by atoms with Crippen molar-refractivity contribution >= 4 is 31.5 Å². The molecule has 4 heteroatoms. The smallest absolute Gasteiger partial charge is 0.164 e.